The minimum absolute atomic E-state index is 0.0589. The molecule has 24 heavy (non-hydrogen) atoms. The molecule has 6 nitrogen and oxygen atoms in total. The van der Waals surface area contributed by atoms with Crippen LogP contribution in [-0.2, 0) is 26.6 Å². The third-order valence-electron chi connectivity index (χ3n) is 3.01. The van der Waals surface area contributed by atoms with Gasteiger partial charge in [0, 0.05) is 17.0 Å². The maximum Gasteiger partial charge on any atom is 0.238 e. The van der Waals surface area contributed by atoms with Crippen LogP contribution in [0, 0.1) is 0 Å². The van der Waals surface area contributed by atoms with Crippen LogP contribution in [0.5, 0.6) is 0 Å². The molecule has 0 aliphatic heterocycles. The predicted molar refractivity (Wildman–Crippen MR) is 94.1 cm³/mol. The van der Waals surface area contributed by atoms with E-state index in [0.717, 1.165) is 5.41 Å². The molecule has 2 aromatic rings. The van der Waals surface area contributed by atoms with Crippen LogP contribution in [0.3, 0.4) is 0 Å². The number of halogens is 1. The van der Waals surface area contributed by atoms with Crippen molar-refractivity contribution >= 4 is 37.7 Å². The fourth-order valence-electron chi connectivity index (χ4n) is 1.81. The van der Waals surface area contributed by atoms with Crippen molar-refractivity contribution in [2.45, 2.75) is 11.4 Å². The van der Waals surface area contributed by atoms with Gasteiger partial charge in [-0.3, -0.25) is 0 Å². The van der Waals surface area contributed by atoms with Gasteiger partial charge in [0.25, 0.3) is 0 Å². The summed E-state index contributed by atoms with van der Waals surface area (Å²) in [4.78, 5) is -0.0732. The number of hydrogen-bond acceptors (Lipinski definition) is 4. The number of primary sulfonamides is 1. The summed E-state index contributed by atoms with van der Waals surface area (Å²) in [6, 6.07) is 12.4. The molecule has 0 unspecified atom stereocenters. The van der Waals surface area contributed by atoms with Gasteiger partial charge in [0.05, 0.1) is 4.90 Å². The van der Waals surface area contributed by atoms with Gasteiger partial charge in [0.1, 0.15) is 0 Å². The third kappa shape index (κ3) is 5.73. The first-order valence-electron chi connectivity index (χ1n) is 6.71. The maximum absolute atomic E-state index is 12.0. The molecular formula is C15H15ClN2O4S2. The molecule has 0 atom stereocenters. The van der Waals surface area contributed by atoms with Crippen LogP contribution < -0.4 is 9.86 Å². The van der Waals surface area contributed by atoms with Crippen molar-refractivity contribution in [1.29, 1.82) is 0 Å². The Labute approximate surface area is 146 Å². The summed E-state index contributed by atoms with van der Waals surface area (Å²) in [6.45, 7) is -0.0589. The van der Waals surface area contributed by atoms with E-state index in [0.29, 0.717) is 16.1 Å². The molecule has 0 aromatic heterocycles. The monoisotopic (exact) mass is 386 g/mol. The Kier molecular flexibility index (Phi) is 5.79. The standard InChI is InChI=1S/C15H15ClN2O4S2/c16-14-6-4-12(5-7-14)8-9-23(19,20)18-11-13-2-1-3-15(10-13)24(17,21)22/h1-10,18H,11H2,(H2,17,21,22)/b9-8+. The maximum atomic E-state index is 12.0. The lowest BCUT2D eigenvalue weighted by Crippen LogP contribution is -2.21. The number of benzene rings is 2. The molecule has 0 saturated heterocycles. The van der Waals surface area contributed by atoms with Crippen LogP contribution in [0.4, 0.5) is 0 Å². The second kappa shape index (κ2) is 7.45. The first-order valence-corrected chi connectivity index (χ1v) is 10.2. The number of hydrogen-bond donors (Lipinski definition) is 2. The summed E-state index contributed by atoms with van der Waals surface area (Å²) >= 11 is 5.76. The van der Waals surface area contributed by atoms with Crippen LogP contribution in [0.2, 0.25) is 5.02 Å². The highest BCUT2D eigenvalue weighted by Crippen LogP contribution is 2.12. The quantitative estimate of drug-likeness (QED) is 0.792. The lowest BCUT2D eigenvalue weighted by atomic mass is 10.2. The largest absolute Gasteiger partial charge is 0.238 e. The van der Waals surface area contributed by atoms with Gasteiger partial charge in [-0.25, -0.2) is 26.7 Å². The minimum Gasteiger partial charge on any atom is -0.225 e. The van der Waals surface area contributed by atoms with Crippen molar-refractivity contribution in [3.05, 3.63) is 70.1 Å². The molecule has 0 heterocycles. The lowest BCUT2D eigenvalue weighted by Gasteiger charge is -2.05. The molecule has 0 aliphatic rings. The van der Waals surface area contributed by atoms with E-state index < -0.39 is 20.0 Å². The topological polar surface area (TPSA) is 106 Å². The van der Waals surface area contributed by atoms with Gasteiger partial charge >= 0.3 is 0 Å². The second-order valence-electron chi connectivity index (χ2n) is 4.91. The van der Waals surface area contributed by atoms with E-state index in [4.69, 9.17) is 16.7 Å². The SMILES string of the molecule is NS(=O)(=O)c1cccc(CNS(=O)(=O)/C=C/c2ccc(Cl)cc2)c1. The van der Waals surface area contributed by atoms with Crippen molar-refractivity contribution in [3.63, 3.8) is 0 Å². The first kappa shape index (κ1) is 18.6. The average Bonchev–Trinajstić information content (AvgIpc) is 2.52. The van der Waals surface area contributed by atoms with Crippen LogP contribution in [0.25, 0.3) is 6.08 Å². The first-order chi connectivity index (χ1) is 11.2. The zero-order chi connectivity index (χ0) is 17.8. The predicted octanol–water partition coefficient (Wildman–Crippen LogP) is 2.08. The molecule has 9 heteroatoms. The molecule has 2 rings (SSSR count). The van der Waals surface area contributed by atoms with Crippen LogP contribution in [0.15, 0.2) is 58.8 Å². The minimum atomic E-state index is -3.83. The molecule has 0 saturated carbocycles. The van der Waals surface area contributed by atoms with E-state index >= 15 is 0 Å². The molecule has 0 amide bonds. The average molecular weight is 387 g/mol. The summed E-state index contributed by atoms with van der Waals surface area (Å²) in [5.41, 5.74) is 1.16. The molecule has 0 bridgehead atoms. The number of nitrogens with one attached hydrogen (secondary N) is 1. The van der Waals surface area contributed by atoms with Gasteiger partial charge in [-0.2, -0.15) is 0 Å². The Morgan fingerprint density at radius 3 is 2.33 bits per heavy atom. The Hall–Kier alpha value is -1.71. The molecule has 0 spiro atoms. The van der Waals surface area contributed by atoms with Gasteiger partial charge in [-0.15, -0.1) is 0 Å². The second-order valence-corrected chi connectivity index (χ2v) is 8.56. The molecule has 2 aromatic carbocycles. The lowest BCUT2D eigenvalue weighted by molar-refractivity contribution is 0.590. The third-order valence-corrected chi connectivity index (χ3v) is 5.22. The number of rotatable bonds is 6. The number of sulfonamides is 2. The van der Waals surface area contributed by atoms with Gasteiger partial charge in [-0.05, 0) is 41.5 Å². The Balaban J connectivity index is 2.06. The van der Waals surface area contributed by atoms with Crippen molar-refractivity contribution in [2.24, 2.45) is 5.14 Å². The molecular weight excluding hydrogens is 372 g/mol. The van der Waals surface area contributed by atoms with Gasteiger partial charge in [0.2, 0.25) is 20.0 Å². The van der Waals surface area contributed by atoms with E-state index in [1.54, 1.807) is 30.3 Å². The van der Waals surface area contributed by atoms with Gasteiger partial charge in [-0.1, -0.05) is 35.9 Å². The zero-order valence-electron chi connectivity index (χ0n) is 12.4. The Morgan fingerprint density at radius 1 is 1.04 bits per heavy atom. The number of nitrogens with two attached hydrogens (primary N) is 1. The van der Waals surface area contributed by atoms with E-state index in [1.165, 1.54) is 24.3 Å². The summed E-state index contributed by atoms with van der Waals surface area (Å²) in [5, 5.41) is 6.63. The highest BCUT2D eigenvalue weighted by molar-refractivity contribution is 7.92. The molecule has 0 aliphatic carbocycles. The fourth-order valence-corrected chi connectivity index (χ4v) is 3.32. The van der Waals surface area contributed by atoms with Gasteiger partial charge < -0.3 is 0 Å². The van der Waals surface area contributed by atoms with Crippen molar-refractivity contribution < 1.29 is 16.8 Å². The highest BCUT2D eigenvalue weighted by Gasteiger charge is 2.09. The van der Waals surface area contributed by atoms with Crippen molar-refractivity contribution in [1.82, 2.24) is 4.72 Å². The molecule has 128 valence electrons. The van der Waals surface area contributed by atoms with E-state index in [2.05, 4.69) is 4.72 Å². The van der Waals surface area contributed by atoms with Crippen molar-refractivity contribution in [3.8, 4) is 0 Å². The smallest absolute Gasteiger partial charge is 0.225 e. The van der Waals surface area contributed by atoms with E-state index in [1.807, 2.05) is 0 Å². The summed E-state index contributed by atoms with van der Waals surface area (Å²) in [7, 11) is -7.51. The molecule has 3 N–H and O–H groups in total. The van der Waals surface area contributed by atoms with Gasteiger partial charge in [0.15, 0.2) is 0 Å². The van der Waals surface area contributed by atoms with E-state index in [-0.39, 0.29) is 11.4 Å². The van der Waals surface area contributed by atoms with Crippen LogP contribution in [-0.4, -0.2) is 16.8 Å². The highest BCUT2D eigenvalue weighted by atomic mass is 35.5. The molecule has 0 fully saturated rings. The van der Waals surface area contributed by atoms with Crippen LogP contribution in [0.1, 0.15) is 11.1 Å². The molecule has 0 radical (unpaired) electrons. The van der Waals surface area contributed by atoms with Crippen LogP contribution >= 0.6 is 11.6 Å². The summed E-state index contributed by atoms with van der Waals surface area (Å²) in [5.74, 6) is 0. The Bertz CT molecular complexity index is 953. The summed E-state index contributed by atoms with van der Waals surface area (Å²) < 4.78 is 48.9. The fraction of sp³-hybridized carbons (Fsp3) is 0.0667. The Morgan fingerprint density at radius 2 is 1.71 bits per heavy atom. The zero-order valence-corrected chi connectivity index (χ0v) is 14.8. The summed E-state index contributed by atoms with van der Waals surface area (Å²) in [6.07, 6.45) is 1.43. The normalized spacial score (nSPS) is 12.6. The van der Waals surface area contributed by atoms with Crippen molar-refractivity contribution in [2.75, 3.05) is 0 Å². The van der Waals surface area contributed by atoms with E-state index in [9.17, 15) is 16.8 Å².